The molecule has 0 radical (unpaired) electrons. The fraction of sp³-hybridized carbons (Fsp3) is 0.917. The SMILES string of the molecule is CCCCSC(C)C(=O)N1CCC(N)CC1. The first-order chi connectivity index (χ1) is 7.65. The monoisotopic (exact) mass is 244 g/mol. The quantitative estimate of drug-likeness (QED) is 0.751. The van der Waals surface area contributed by atoms with Gasteiger partial charge in [-0.3, -0.25) is 4.79 Å². The molecule has 1 heterocycles. The lowest BCUT2D eigenvalue weighted by atomic mass is 10.1. The minimum absolute atomic E-state index is 0.112. The molecule has 1 atom stereocenters. The van der Waals surface area contributed by atoms with Gasteiger partial charge < -0.3 is 10.6 Å². The molecule has 0 bridgehead atoms. The summed E-state index contributed by atoms with van der Waals surface area (Å²) in [5, 5.41) is 0.112. The van der Waals surface area contributed by atoms with Gasteiger partial charge in [0.05, 0.1) is 5.25 Å². The number of carbonyl (C=O) groups excluding carboxylic acids is 1. The molecule has 1 saturated heterocycles. The van der Waals surface area contributed by atoms with Crippen LogP contribution in [0.2, 0.25) is 0 Å². The van der Waals surface area contributed by atoms with Crippen molar-refractivity contribution in [2.24, 2.45) is 5.73 Å². The second-order valence-electron chi connectivity index (χ2n) is 4.53. The molecular weight excluding hydrogens is 220 g/mol. The van der Waals surface area contributed by atoms with Crippen LogP contribution in [-0.2, 0) is 4.79 Å². The van der Waals surface area contributed by atoms with Gasteiger partial charge in [-0.15, -0.1) is 11.8 Å². The average Bonchev–Trinajstić information content (AvgIpc) is 2.29. The van der Waals surface area contributed by atoms with Crippen molar-refractivity contribution in [3.63, 3.8) is 0 Å². The molecule has 4 heteroatoms. The zero-order valence-corrected chi connectivity index (χ0v) is 11.3. The molecule has 1 unspecified atom stereocenters. The molecular formula is C12H24N2OS. The van der Waals surface area contributed by atoms with Crippen LogP contribution in [0.15, 0.2) is 0 Å². The number of nitrogens with two attached hydrogens (primary N) is 1. The second-order valence-corrected chi connectivity index (χ2v) is 5.98. The van der Waals surface area contributed by atoms with Crippen LogP contribution in [0.25, 0.3) is 0 Å². The van der Waals surface area contributed by atoms with Gasteiger partial charge in [0.15, 0.2) is 0 Å². The Morgan fingerprint density at radius 1 is 1.50 bits per heavy atom. The Kier molecular flexibility index (Phi) is 6.21. The molecule has 1 aliphatic heterocycles. The number of rotatable bonds is 5. The van der Waals surface area contributed by atoms with E-state index in [1.807, 2.05) is 11.8 Å². The summed E-state index contributed by atoms with van der Waals surface area (Å²) in [6, 6.07) is 0.298. The largest absolute Gasteiger partial charge is 0.342 e. The van der Waals surface area contributed by atoms with E-state index in [1.54, 1.807) is 11.8 Å². The zero-order valence-electron chi connectivity index (χ0n) is 10.4. The van der Waals surface area contributed by atoms with E-state index in [0.29, 0.717) is 11.9 Å². The molecule has 0 aromatic rings. The minimum atomic E-state index is 0.112. The van der Waals surface area contributed by atoms with Crippen molar-refractivity contribution in [2.75, 3.05) is 18.8 Å². The summed E-state index contributed by atoms with van der Waals surface area (Å²) in [5.74, 6) is 1.39. The van der Waals surface area contributed by atoms with Crippen molar-refractivity contribution in [1.29, 1.82) is 0 Å². The number of carbonyl (C=O) groups is 1. The molecule has 3 nitrogen and oxygen atoms in total. The van der Waals surface area contributed by atoms with E-state index in [4.69, 9.17) is 5.73 Å². The molecule has 1 fully saturated rings. The summed E-state index contributed by atoms with van der Waals surface area (Å²) < 4.78 is 0. The Morgan fingerprint density at radius 2 is 2.12 bits per heavy atom. The molecule has 94 valence electrons. The number of unbranched alkanes of at least 4 members (excludes halogenated alkanes) is 1. The number of likely N-dealkylation sites (tertiary alicyclic amines) is 1. The maximum atomic E-state index is 12.1. The number of thioether (sulfide) groups is 1. The van der Waals surface area contributed by atoms with E-state index < -0.39 is 0 Å². The van der Waals surface area contributed by atoms with E-state index in [9.17, 15) is 4.79 Å². The summed E-state index contributed by atoms with van der Waals surface area (Å²) in [7, 11) is 0. The van der Waals surface area contributed by atoms with Gasteiger partial charge in [0.25, 0.3) is 0 Å². The van der Waals surface area contributed by atoms with Gasteiger partial charge in [-0.25, -0.2) is 0 Å². The van der Waals surface area contributed by atoms with E-state index in [2.05, 4.69) is 6.92 Å². The highest BCUT2D eigenvalue weighted by molar-refractivity contribution is 8.00. The third-order valence-corrected chi connectivity index (χ3v) is 4.29. The lowest BCUT2D eigenvalue weighted by Gasteiger charge is -2.31. The number of hydrogen-bond acceptors (Lipinski definition) is 3. The van der Waals surface area contributed by atoms with Gasteiger partial charge in [0.2, 0.25) is 5.91 Å². The topological polar surface area (TPSA) is 46.3 Å². The van der Waals surface area contributed by atoms with E-state index >= 15 is 0 Å². The smallest absolute Gasteiger partial charge is 0.235 e. The van der Waals surface area contributed by atoms with Crippen LogP contribution in [0.1, 0.15) is 39.5 Å². The second kappa shape index (κ2) is 7.17. The van der Waals surface area contributed by atoms with Crippen LogP contribution in [0, 0.1) is 0 Å². The van der Waals surface area contributed by atoms with Gasteiger partial charge in [-0.1, -0.05) is 13.3 Å². The van der Waals surface area contributed by atoms with E-state index in [-0.39, 0.29) is 5.25 Å². The van der Waals surface area contributed by atoms with Crippen molar-refractivity contribution in [2.45, 2.75) is 50.8 Å². The number of piperidine rings is 1. The molecule has 1 amide bonds. The first kappa shape index (κ1) is 13.8. The Labute approximate surface area is 103 Å². The molecule has 2 N–H and O–H groups in total. The van der Waals surface area contributed by atoms with Gasteiger partial charge in [-0.05, 0) is 31.9 Å². The van der Waals surface area contributed by atoms with Crippen molar-refractivity contribution in [3.05, 3.63) is 0 Å². The van der Waals surface area contributed by atoms with Crippen molar-refractivity contribution in [1.82, 2.24) is 4.90 Å². The fourth-order valence-electron chi connectivity index (χ4n) is 1.85. The standard InChI is InChI=1S/C12H24N2OS/c1-3-4-9-16-10(2)12(15)14-7-5-11(13)6-8-14/h10-11H,3-9,13H2,1-2H3. The van der Waals surface area contributed by atoms with Gasteiger partial charge in [-0.2, -0.15) is 0 Å². The summed E-state index contributed by atoms with van der Waals surface area (Å²) >= 11 is 1.78. The van der Waals surface area contributed by atoms with Crippen molar-refractivity contribution >= 4 is 17.7 Å². The lowest BCUT2D eigenvalue weighted by molar-refractivity contribution is -0.131. The maximum absolute atomic E-state index is 12.1. The predicted molar refractivity (Wildman–Crippen MR) is 70.6 cm³/mol. The summed E-state index contributed by atoms with van der Waals surface area (Å²) in [6.07, 6.45) is 4.32. The van der Waals surface area contributed by atoms with Gasteiger partial charge in [0.1, 0.15) is 0 Å². The number of nitrogens with zero attached hydrogens (tertiary/aromatic N) is 1. The Hall–Kier alpha value is -0.220. The third-order valence-electron chi connectivity index (χ3n) is 3.06. The van der Waals surface area contributed by atoms with E-state index in [1.165, 1.54) is 12.8 Å². The molecule has 16 heavy (non-hydrogen) atoms. The Bertz CT molecular complexity index is 215. The molecule has 0 spiro atoms. The molecule has 1 aliphatic rings. The first-order valence-corrected chi connectivity index (χ1v) is 7.36. The normalized spacial score (nSPS) is 19.8. The average molecular weight is 244 g/mol. The van der Waals surface area contributed by atoms with Crippen LogP contribution >= 0.6 is 11.8 Å². The van der Waals surface area contributed by atoms with Gasteiger partial charge >= 0.3 is 0 Å². The zero-order chi connectivity index (χ0) is 12.0. The third kappa shape index (κ3) is 4.34. The predicted octanol–water partition coefficient (Wildman–Crippen LogP) is 1.86. The van der Waals surface area contributed by atoms with Crippen LogP contribution in [-0.4, -0.2) is 40.9 Å². The Balaban J connectivity index is 2.27. The molecule has 0 saturated carbocycles. The van der Waals surface area contributed by atoms with Crippen LogP contribution in [0.4, 0.5) is 0 Å². The summed E-state index contributed by atoms with van der Waals surface area (Å²) in [6.45, 7) is 5.90. The maximum Gasteiger partial charge on any atom is 0.235 e. The molecule has 1 rings (SSSR count). The molecule has 0 aromatic carbocycles. The summed E-state index contributed by atoms with van der Waals surface area (Å²) in [4.78, 5) is 14.0. The highest BCUT2D eigenvalue weighted by Crippen LogP contribution is 2.18. The summed E-state index contributed by atoms with van der Waals surface area (Å²) in [5.41, 5.74) is 5.83. The highest BCUT2D eigenvalue weighted by Gasteiger charge is 2.24. The fourth-order valence-corrected chi connectivity index (χ4v) is 2.95. The van der Waals surface area contributed by atoms with Crippen LogP contribution in [0.5, 0.6) is 0 Å². The van der Waals surface area contributed by atoms with Crippen molar-refractivity contribution < 1.29 is 4.79 Å². The van der Waals surface area contributed by atoms with Gasteiger partial charge in [0, 0.05) is 19.1 Å². The Morgan fingerprint density at radius 3 is 2.69 bits per heavy atom. The molecule has 0 aliphatic carbocycles. The van der Waals surface area contributed by atoms with Crippen LogP contribution in [0.3, 0.4) is 0 Å². The number of hydrogen-bond donors (Lipinski definition) is 1. The molecule has 0 aromatic heterocycles. The lowest BCUT2D eigenvalue weighted by Crippen LogP contribution is -2.45. The van der Waals surface area contributed by atoms with E-state index in [0.717, 1.165) is 31.7 Å². The number of amides is 1. The first-order valence-electron chi connectivity index (χ1n) is 6.31. The van der Waals surface area contributed by atoms with Crippen LogP contribution < -0.4 is 5.73 Å². The van der Waals surface area contributed by atoms with Crippen molar-refractivity contribution in [3.8, 4) is 0 Å². The highest BCUT2D eigenvalue weighted by atomic mass is 32.2. The minimum Gasteiger partial charge on any atom is -0.342 e.